The highest BCUT2D eigenvalue weighted by molar-refractivity contribution is 5.82. The van der Waals surface area contributed by atoms with E-state index in [0.29, 0.717) is 12.3 Å². The maximum absolute atomic E-state index is 11.9. The summed E-state index contributed by atoms with van der Waals surface area (Å²) in [5, 5.41) is 0. The molecule has 0 aromatic rings. The molecular weight excluding hydrogens is 240 g/mol. The van der Waals surface area contributed by atoms with Gasteiger partial charge in [0.1, 0.15) is 6.10 Å². The van der Waals surface area contributed by atoms with Crippen LogP contribution in [0, 0.1) is 5.92 Å². The Morgan fingerprint density at radius 2 is 1.89 bits per heavy atom. The van der Waals surface area contributed by atoms with E-state index in [-0.39, 0.29) is 24.3 Å². The predicted octanol–water partition coefficient (Wildman–Crippen LogP) is 4.09. The van der Waals surface area contributed by atoms with Gasteiger partial charge in [-0.05, 0) is 6.42 Å². The highest BCUT2D eigenvalue weighted by atomic mass is 16.7. The third kappa shape index (κ3) is 5.62. The van der Waals surface area contributed by atoms with E-state index >= 15 is 0 Å². The van der Waals surface area contributed by atoms with Gasteiger partial charge in [0.05, 0.1) is 6.10 Å². The number of ketones is 1. The number of unbranched alkanes of at least 4 members (excludes halogenated alkanes) is 3. The standard InChI is InChI=1S/C16H30O3/c1-5-7-8-9-10-13-11-15(14(17)6-2)19-16(18-13)12(3)4/h12-13,15-16H,5-11H2,1-4H3/t13-,15+,16-/m0/s1. The molecule has 0 aliphatic carbocycles. The quantitative estimate of drug-likeness (QED) is 0.623. The van der Waals surface area contributed by atoms with Gasteiger partial charge in [-0.2, -0.15) is 0 Å². The molecule has 3 nitrogen and oxygen atoms in total. The predicted molar refractivity (Wildman–Crippen MR) is 77.0 cm³/mol. The SMILES string of the molecule is CCCCCC[C@H]1C[C@H](C(=O)CC)O[C@@H](C(C)C)O1. The van der Waals surface area contributed by atoms with Crippen LogP contribution in [0.4, 0.5) is 0 Å². The average molecular weight is 270 g/mol. The van der Waals surface area contributed by atoms with Crippen molar-refractivity contribution in [3.63, 3.8) is 0 Å². The number of hydrogen-bond donors (Lipinski definition) is 0. The van der Waals surface area contributed by atoms with Gasteiger partial charge in [-0.3, -0.25) is 4.79 Å². The maximum Gasteiger partial charge on any atom is 0.161 e. The molecule has 1 saturated heterocycles. The summed E-state index contributed by atoms with van der Waals surface area (Å²) in [6, 6.07) is 0. The highest BCUT2D eigenvalue weighted by Crippen LogP contribution is 2.27. The van der Waals surface area contributed by atoms with Gasteiger partial charge >= 0.3 is 0 Å². The van der Waals surface area contributed by atoms with Crippen LogP contribution in [0.2, 0.25) is 0 Å². The zero-order valence-corrected chi connectivity index (χ0v) is 13.0. The monoisotopic (exact) mass is 270 g/mol. The largest absolute Gasteiger partial charge is 0.349 e. The molecule has 0 N–H and O–H groups in total. The Morgan fingerprint density at radius 1 is 1.16 bits per heavy atom. The van der Waals surface area contributed by atoms with Crippen LogP contribution in [-0.2, 0) is 14.3 Å². The number of carbonyl (C=O) groups excluding carboxylic acids is 1. The Bertz CT molecular complexity index is 263. The fraction of sp³-hybridized carbons (Fsp3) is 0.938. The lowest BCUT2D eigenvalue weighted by Gasteiger charge is -2.37. The molecule has 0 aromatic heterocycles. The Labute approximate surface area is 118 Å². The molecule has 1 aliphatic rings. The molecule has 112 valence electrons. The third-order valence-corrected chi connectivity index (χ3v) is 3.73. The number of hydrogen-bond acceptors (Lipinski definition) is 3. The van der Waals surface area contributed by atoms with Gasteiger partial charge in [0.15, 0.2) is 12.1 Å². The average Bonchev–Trinajstić information content (AvgIpc) is 2.42. The van der Waals surface area contributed by atoms with Crippen LogP contribution < -0.4 is 0 Å². The van der Waals surface area contributed by atoms with Gasteiger partial charge in [0.2, 0.25) is 0 Å². The summed E-state index contributed by atoms with van der Waals surface area (Å²) in [5.41, 5.74) is 0. The van der Waals surface area contributed by atoms with Gasteiger partial charge in [0, 0.05) is 18.8 Å². The summed E-state index contributed by atoms with van der Waals surface area (Å²) in [5.74, 6) is 0.512. The van der Waals surface area contributed by atoms with Gasteiger partial charge in [-0.25, -0.2) is 0 Å². The van der Waals surface area contributed by atoms with Crippen molar-refractivity contribution >= 4 is 5.78 Å². The molecule has 19 heavy (non-hydrogen) atoms. The summed E-state index contributed by atoms with van der Waals surface area (Å²) in [4.78, 5) is 11.9. The first-order valence-electron chi connectivity index (χ1n) is 7.92. The lowest BCUT2D eigenvalue weighted by molar-refractivity contribution is -0.255. The molecule has 0 unspecified atom stereocenters. The Hall–Kier alpha value is -0.410. The van der Waals surface area contributed by atoms with Crippen LogP contribution in [0.25, 0.3) is 0 Å². The van der Waals surface area contributed by atoms with Crippen LogP contribution in [0.5, 0.6) is 0 Å². The first-order chi connectivity index (χ1) is 9.08. The van der Waals surface area contributed by atoms with Crippen molar-refractivity contribution in [2.24, 2.45) is 5.92 Å². The lowest BCUT2D eigenvalue weighted by atomic mass is 9.99. The van der Waals surface area contributed by atoms with Crippen molar-refractivity contribution in [3.8, 4) is 0 Å². The minimum atomic E-state index is -0.248. The molecule has 1 heterocycles. The molecule has 1 fully saturated rings. The van der Waals surface area contributed by atoms with E-state index < -0.39 is 0 Å². The van der Waals surface area contributed by atoms with Gasteiger partial charge < -0.3 is 9.47 Å². The highest BCUT2D eigenvalue weighted by Gasteiger charge is 2.34. The smallest absolute Gasteiger partial charge is 0.161 e. The summed E-state index contributed by atoms with van der Waals surface area (Å²) < 4.78 is 11.8. The van der Waals surface area contributed by atoms with Crippen molar-refractivity contribution in [2.75, 3.05) is 0 Å². The zero-order chi connectivity index (χ0) is 14.3. The second-order valence-corrected chi connectivity index (χ2v) is 5.90. The Balaban J connectivity index is 2.48. The van der Waals surface area contributed by atoms with Crippen LogP contribution in [0.3, 0.4) is 0 Å². The van der Waals surface area contributed by atoms with E-state index in [1.54, 1.807) is 0 Å². The van der Waals surface area contributed by atoms with Crippen LogP contribution in [0.15, 0.2) is 0 Å². The summed E-state index contributed by atoms with van der Waals surface area (Å²) in [6.07, 6.45) is 7.06. The molecule has 0 spiro atoms. The zero-order valence-electron chi connectivity index (χ0n) is 13.0. The Morgan fingerprint density at radius 3 is 2.47 bits per heavy atom. The second kappa shape index (κ2) is 8.70. The van der Waals surface area contributed by atoms with E-state index in [2.05, 4.69) is 20.8 Å². The number of Topliss-reactive ketones (excluding diaryl/α,β-unsaturated/α-hetero) is 1. The molecular formula is C16H30O3. The number of carbonyl (C=O) groups is 1. The van der Waals surface area contributed by atoms with Crippen molar-refractivity contribution in [2.45, 2.75) is 91.1 Å². The van der Waals surface area contributed by atoms with Gasteiger partial charge in [0.25, 0.3) is 0 Å². The minimum Gasteiger partial charge on any atom is -0.349 e. The molecule has 0 aromatic carbocycles. The first kappa shape index (κ1) is 16.6. The first-order valence-corrected chi connectivity index (χ1v) is 7.92. The van der Waals surface area contributed by atoms with E-state index in [4.69, 9.17) is 9.47 Å². The van der Waals surface area contributed by atoms with Crippen molar-refractivity contribution < 1.29 is 14.3 Å². The van der Waals surface area contributed by atoms with Crippen LogP contribution in [0.1, 0.15) is 72.6 Å². The van der Waals surface area contributed by atoms with Gasteiger partial charge in [-0.1, -0.05) is 53.4 Å². The normalized spacial score (nSPS) is 27.7. The second-order valence-electron chi connectivity index (χ2n) is 5.90. The van der Waals surface area contributed by atoms with Crippen molar-refractivity contribution in [1.82, 2.24) is 0 Å². The van der Waals surface area contributed by atoms with E-state index in [1.165, 1.54) is 25.7 Å². The van der Waals surface area contributed by atoms with E-state index in [0.717, 1.165) is 12.8 Å². The summed E-state index contributed by atoms with van der Waals surface area (Å²) in [7, 11) is 0. The van der Waals surface area contributed by atoms with Crippen LogP contribution in [-0.4, -0.2) is 24.3 Å². The lowest BCUT2D eigenvalue weighted by Crippen LogP contribution is -2.44. The molecule has 3 heteroatoms. The van der Waals surface area contributed by atoms with Crippen molar-refractivity contribution in [1.29, 1.82) is 0 Å². The molecule has 0 radical (unpaired) electrons. The van der Waals surface area contributed by atoms with Crippen LogP contribution >= 0.6 is 0 Å². The molecule has 0 bridgehead atoms. The molecule has 0 saturated carbocycles. The third-order valence-electron chi connectivity index (χ3n) is 3.73. The Kier molecular flexibility index (Phi) is 7.62. The van der Waals surface area contributed by atoms with Crippen molar-refractivity contribution in [3.05, 3.63) is 0 Å². The molecule has 0 amide bonds. The van der Waals surface area contributed by atoms with E-state index in [1.807, 2.05) is 6.92 Å². The maximum atomic E-state index is 11.9. The minimum absolute atomic E-state index is 0.193. The summed E-state index contributed by atoms with van der Waals surface area (Å²) in [6.45, 7) is 8.28. The molecule has 1 aliphatic heterocycles. The summed E-state index contributed by atoms with van der Waals surface area (Å²) >= 11 is 0. The topological polar surface area (TPSA) is 35.5 Å². The number of rotatable bonds is 8. The fourth-order valence-corrected chi connectivity index (χ4v) is 2.47. The van der Waals surface area contributed by atoms with Gasteiger partial charge in [-0.15, -0.1) is 0 Å². The molecule has 1 rings (SSSR count). The van der Waals surface area contributed by atoms with E-state index in [9.17, 15) is 4.79 Å². The fourth-order valence-electron chi connectivity index (χ4n) is 2.47. The molecule has 3 atom stereocenters. The number of ether oxygens (including phenoxy) is 2.